The quantitative estimate of drug-likeness (QED) is 0.773. The topological polar surface area (TPSA) is 58.8 Å². The van der Waals surface area contributed by atoms with Crippen LogP contribution in [0.5, 0.6) is 0 Å². The molecule has 1 amide bonds. The lowest BCUT2D eigenvalue weighted by molar-refractivity contribution is -0.119. The number of carbonyl (C=O) groups excluding carboxylic acids is 1. The van der Waals surface area contributed by atoms with Crippen molar-refractivity contribution in [1.82, 2.24) is 9.80 Å². The van der Waals surface area contributed by atoms with Crippen LogP contribution in [0, 0.1) is 12.8 Å². The van der Waals surface area contributed by atoms with E-state index in [9.17, 15) is 4.79 Å². The number of ether oxygens (including phenoxy) is 1. The molecule has 2 saturated heterocycles. The molecule has 2 aliphatic heterocycles. The number of benzene rings is 1. The van der Waals surface area contributed by atoms with Gasteiger partial charge < -0.3 is 10.5 Å². The predicted molar refractivity (Wildman–Crippen MR) is 104 cm³/mol. The number of piperidine rings is 1. The lowest BCUT2D eigenvalue weighted by atomic mass is 9.95. The zero-order chi connectivity index (χ0) is 18.4. The number of likely N-dealkylation sites (tertiary alicyclic amines) is 1. The summed E-state index contributed by atoms with van der Waals surface area (Å²) in [4.78, 5) is 16.2. The van der Waals surface area contributed by atoms with Crippen LogP contribution in [0.1, 0.15) is 36.8 Å². The Kier molecular flexibility index (Phi) is 7.06. The summed E-state index contributed by atoms with van der Waals surface area (Å²) in [6.45, 7) is 8.49. The Labute approximate surface area is 157 Å². The summed E-state index contributed by atoms with van der Waals surface area (Å²) in [5.41, 5.74) is 8.27. The van der Waals surface area contributed by atoms with Gasteiger partial charge in [-0.05, 0) is 62.7 Å². The van der Waals surface area contributed by atoms with Gasteiger partial charge in [0.15, 0.2) is 0 Å². The number of amides is 1. The second-order valence-corrected chi connectivity index (χ2v) is 7.94. The molecule has 1 aromatic rings. The Morgan fingerprint density at radius 3 is 2.65 bits per heavy atom. The third-order valence-corrected chi connectivity index (χ3v) is 5.74. The fourth-order valence-electron chi connectivity index (χ4n) is 4.22. The molecule has 0 spiro atoms. The summed E-state index contributed by atoms with van der Waals surface area (Å²) in [5, 5.41) is 0. The fraction of sp³-hybridized carbons (Fsp3) is 0.667. The van der Waals surface area contributed by atoms with E-state index in [4.69, 9.17) is 10.5 Å². The Bertz CT molecular complexity index is 578. The second-order valence-electron chi connectivity index (χ2n) is 7.94. The third-order valence-electron chi connectivity index (χ3n) is 5.74. The molecule has 2 heterocycles. The van der Waals surface area contributed by atoms with Crippen LogP contribution < -0.4 is 5.73 Å². The molecule has 0 aromatic heterocycles. The summed E-state index contributed by atoms with van der Waals surface area (Å²) in [7, 11) is 0. The molecule has 0 saturated carbocycles. The van der Waals surface area contributed by atoms with Crippen molar-refractivity contribution in [3.63, 3.8) is 0 Å². The van der Waals surface area contributed by atoms with Gasteiger partial charge in [0.25, 0.3) is 0 Å². The van der Waals surface area contributed by atoms with Gasteiger partial charge in [-0.15, -0.1) is 0 Å². The number of hydrogen-bond donors (Lipinski definition) is 1. The van der Waals surface area contributed by atoms with Gasteiger partial charge in [-0.1, -0.05) is 24.3 Å². The van der Waals surface area contributed by atoms with Crippen molar-refractivity contribution < 1.29 is 9.53 Å². The normalized spacial score (nSPS) is 22.2. The van der Waals surface area contributed by atoms with E-state index in [0.29, 0.717) is 12.5 Å². The first-order chi connectivity index (χ1) is 12.6. The number of nitrogens with zero attached hydrogens (tertiary/aromatic N) is 2. The van der Waals surface area contributed by atoms with Crippen LogP contribution in [-0.4, -0.2) is 61.1 Å². The van der Waals surface area contributed by atoms with Gasteiger partial charge >= 0.3 is 0 Å². The van der Waals surface area contributed by atoms with Crippen LogP contribution in [0.4, 0.5) is 0 Å². The van der Waals surface area contributed by atoms with Gasteiger partial charge in [-0.25, -0.2) is 0 Å². The van der Waals surface area contributed by atoms with Crippen LogP contribution in [0.15, 0.2) is 24.3 Å². The molecule has 0 bridgehead atoms. The number of rotatable bonds is 8. The van der Waals surface area contributed by atoms with Crippen molar-refractivity contribution in [3.8, 4) is 0 Å². The number of primary amides is 1. The monoisotopic (exact) mass is 359 g/mol. The zero-order valence-corrected chi connectivity index (χ0v) is 16.0. The molecular formula is C21H33N3O2. The smallest absolute Gasteiger partial charge is 0.231 e. The number of hydrogen-bond acceptors (Lipinski definition) is 4. The Morgan fingerprint density at radius 1 is 1.23 bits per heavy atom. The maximum Gasteiger partial charge on any atom is 0.231 e. The van der Waals surface area contributed by atoms with Crippen molar-refractivity contribution in [3.05, 3.63) is 35.4 Å². The lowest BCUT2D eigenvalue weighted by Gasteiger charge is -2.35. The maximum atomic E-state index is 11.4. The third kappa shape index (κ3) is 5.79. The van der Waals surface area contributed by atoms with Crippen molar-refractivity contribution in [2.75, 3.05) is 39.3 Å². The van der Waals surface area contributed by atoms with Crippen LogP contribution in [0.2, 0.25) is 0 Å². The van der Waals surface area contributed by atoms with Crippen molar-refractivity contribution in [2.45, 2.75) is 45.3 Å². The highest BCUT2D eigenvalue weighted by molar-refractivity contribution is 5.75. The Morgan fingerprint density at radius 2 is 2.00 bits per heavy atom. The van der Waals surface area contributed by atoms with E-state index in [1.165, 1.54) is 24.0 Å². The zero-order valence-electron chi connectivity index (χ0n) is 16.0. The molecule has 5 nitrogen and oxygen atoms in total. The SMILES string of the molecule is Cc1ccccc1CN1CCC(CN(CC(N)=O)C[C@@H]2CCCO2)CC1. The first-order valence-corrected chi connectivity index (χ1v) is 9.99. The lowest BCUT2D eigenvalue weighted by Crippen LogP contribution is -2.44. The summed E-state index contributed by atoms with van der Waals surface area (Å²) in [6, 6.07) is 8.65. The molecule has 0 radical (unpaired) electrons. The van der Waals surface area contributed by atoms with E-state index in [2.05, 4.69) is 41.0 Å². The summed E-state index contributed by atoms with van der Waals surface area (Å²) < 4.78 is 5.75. The van der Waals surface area contributed by atoms with Crippen LogP contribution in [0.3, 0.4) is 0 Å². The maximum absolute atomic E-state index is 11.4. The van der Waals surface area contributed by atoms with Crippen molar-refractivity contribution >= 4 is 5.91 Å². The number of nitrogens with two attached hydrogens (primary N) is 1. The Hall–Kier alpha value is -1.43. The van der Waals surface area contributed by atoms with E-state index in [0.717, 1.165) is 52.2 Å². The molecule has 144 valence electrons. The van der Waals surface area contributed by atoms with Gasteiger partial charge in [0, 0.05) is 26.2 Å². The first kappa shape index (κ1) is 19.3. The van der Waals surface area contributed by atoms with Gasteiger partial charge in [0.1, 0.15) is 0 Å². The molecule has 1 aromatic carbocycles. The highest BCUT2D eigenvalue weighted by atomic mass is 16.5. The molecule has 2 aliphatic rings. The van der Waals surface area contributed by atoms with Gasteiger partial charge in [0.05, 0.1) is 12.6 Å². The average Bonchev–Trinajstić information content (AvgIpc) is 3.11. The van der Waals surface area contributed by atoms with E-state index in [-0.39, 0.29) is 12.0 Å². The molecular weight excluding hydrogens is 326 g/mol. The van der Waals surface area contributed by atoms with Crippen LogP contribution in [0.25, 0.3) is 0 Å². The van der Waals surface area contributed by atoms with Gasteiger partial charge in [-0.3, -0.25) is 14.6 Å². The highest BCUT2D eigenvalue weighted by Crippen LogP contribution is 2.22. The minimum Gasteiger partial charge on any atom is -0.377 e. The molecule has 3 rings (SSSR count). The van der Waals surface area contributed by atoms with Crippen LogP contribution in [-0.2, 0) is 16.1 Å². The number of aryl methyl sites for hydroxylation is 1. The largest absolute Gasteiger partial charge is 0.377 e. The Balaban J connectivity index is 1.46. The average molecular weight is 360 g/mol. The minimum absolute atomic E-state index is 0.236. The van der Waals surface area contributed by atoms with Crippen LogP contribution >= 0.6 is 0 Å². The van der Waals surface area contributed by atoms with Gasteiger partial charge in [0.2, 0.25) is 5.91 Å². The predicted octanol–water partition coefficient (Wildman–Crippen LogP) is 2.17. The summed E-state index contributed by atoms with van der Waals surface area (Å²) in [5.74, 6) is 0.406. The first-order valence-electron chi connectivity index (χ1n) is 9.99. The van der Waals surface area contributed by atoms with Crippen molar-refractivity contribution in [2.24, 2.45) is 11.7 Å². The molecule has 0 unspecified atom stereocenters. The molecule has 1 atom stereocenters. The van der Waals surface area contributed by atoms with Gasteiger partial charge in [-0.2, -0.15) is 0 Å². The molecule has 0 aliphatic carbocycles. The second kappa shape index (κ2) is 9.49. The minimum atomic E-state index is -0.236. The van der Waals surface area contributed by atoms with E-state index in [1.54, 1.807) is 0 Å². The van der Waals surface area contributed by atoms with E-state index >= 15 is 0 Å². The van der Waals surface area contributed by atoms with E-state index in [1.807, 2.05) is 0 Å². The number of carbonyl (C=O) groups is 1. The highest BCUT2D eigenvalue weighted by Gasteiger charge is 2.25. The van der Waals surface area contributed by atoms with Crippen molar-refractivity contribution in [1.29, 1.82) is 0 Å². The standard InChI is InChI=1S/C21H33N3O2/c1-17-5-2-3-6-19(17)14-23-10-8-18(9-11-23)13-24(16-21(22)25)15-20-7-4-12-26-20/h2-3,5-6,18,20H,4,7-16H2,1H3,(H2,22,25)/t20-/m0/s1. The van der Waals surface area contributed by atoms with E-state index < -0.39 is 0 Å². The fourth-order valence-corrected chi connectivity index (χ4v) is 4.22. The summed E-state index contributed by atoms with van der Waals surface area (Å²) >= 11 is 0. The molecule has 26 heavy (non-hydrogen) atoms. The molecule has 2 fully saturated rings. The summed E-state index contributed by atoms with van der Waals surface area (Å²) in [6.07, 6.45) is 4.88. The molecule has 2 N–H and O–H groups in total. The molecule has 5 heteroatoms.